The number of carbonyl (C=O) groups excluding carboxylic acids is 1. The standard InChI is InChI=1S/C26H34N6O2/c1-7-32-19(4)22(18(3)30-32)17-27-26(28-23-14-9-10-15-24(23)34-8-2)29-25(33)20-12-11-13-21(16-20)31(5)6/h9-16H,7-8,17H2,1-6H3,(H2,27,28,29,33). The second kappa shape index (κ2) is 11.4. The van der Waals surface area contributed by atoms with Crippen LogP contribution in [0.3, 0.4) is 0 Å². The SMILES string of the molecule is CCOc1ccccc1NC(=NCc1c(C)nn(CC)c1C)NC(=O)c1cccc(N(C)C)c1. The number of guanidine groups is 1. The molecule has 0 fully saturated rings. The van der Waals surface area contributed by atoms with Crippen molar-refractivity contribution in [1.29, 1.82) is 0 Å². The molecular weight excluding hydrogens is 428 g/mol. The van der Waals surface area contributed by atoms with Crippen LogP contribution in [0.15, 0.2) is 53.5 Å². The van der Waals surface area contributed by atoms with Crippen molar-refractivity contribution in [2.45, 2.75) is 40.8 Å². The molecule has 0 bridgehead atoms. The summed E-state index contributed by atoms with van der Waals surface area (Å²) in [6.45, 7) is 9.72. The third kappa shape index (κ3) is 5.95. The molecule has 0 radical (unpaired) electrons. The van der Waals surface area contributed by atoms with Crippen LogP contribution in [0.1, 0.15) is 41.2 Å². The predicted octanol–water partition coefficient (Wildman–Crippen LogP) is 4.38. The molecule has 180 valence electrons. The zero-order valence-corrected chi connectivity index (χ0v) is 20.8. The van der Waals surface area contributed by atoms with Crippen molar-refractivity contribution in [2.24, 2.45) is 4.99 Å². The van der Waals surface area contributed by atoms with Gasteiger partial charge in [0.1, 0.15) is 5.75 Å². The summed E-state index contributed by atoms with van der Waals surface area (Å²) in [5.74, 6) is 0.782. The number of benzene rings is 2. The van der Waals surface area contributed by atoms with E-state index in [1.54, 1.807) is 6.07 Å². The molecule has 3 aromatic rings. The van der Waals surface area contributed by atoms with Gasteiger partial charge in [-0.2, -0.15) is 5.10 Å². The topological polar surface area (TPSA) is 83.8 Å². The number of aryl methyl sites for hydroxylation is 2. The number of para-hydroxylation sites is 2. The number of nitrogens with zero attached hydrogens (tertiary/aromatic N) is 4. The molecule has 0 spiro atoms. The Labute approximate surface area is 201 Å². The fraction of sp³-hybridized carbons (Fsp3) is 0.346. The minimum absolute atomic E-state index is 0.249. The molecule has 1 aromatic heterocycles. The van der Waals surface area contributed by atoms with E-state index in [1.165, 1.54) is 0 Å². The summed E-state index contributed by atoms with van der Waals surface area (Å²) < 4.78 is 7.70. The Kier molecular flexibility index (Phi) is 8.29. The van der Waals surface area contributed by atoms with Crippen molar-refractivity contribution in [1.82, 2.24) is 15.1 Å². The van der Waals surface area contributed by atoms with E-state index in [4.69, 9.17) is 9.73 Å². The Morgan fingerprint density at radius 3 is 2.56 bits per heavy atom. The van der Waals surface area contributed by atoms with Gasteiger partial charge >= 0.3 is 0 Å². The predicted molar refractivity (Wildman–Crippen MR) is 138 cm³/mol. The highest BCUT2D eigenvalue weighted by atomic mass is 16.5. The Bertz CT molecular complexity index is 1170. The van der Waals surface area contributed by atoms with Gasteiger partial charge in [0.15, 0.2) is 0 Å². The van der Waals surface area contributed by atoms with Gasteiger partial charge in [0.05, 0.1) is 24.5 Å². The monoisotopic (exact) mass is 462 g/mol. The summed E-state index contributed by atoms with van der Waals surface area (Å²) in [5, 5.41) is 10.8. The van der Waals surface area contributed by atoms with E-state index < -0.39 is 0 Å². The third-order valence-corrected chi connectivity index (χ3v) is 5.52. The minimum atomic E-state index is -0.249. The molecule has 2 aromatic carbocycles. The first-order valence-electron chi connectivity index (χ1n) is 11.5. The first-order valence-corrected chi connectivity index (χ1v) is 11.5. The van der Waals surface area contributed by atoms with Crippen LogP contribution in [-0.4, -0.2) is 42.3 Å². The largest absolute Gasteiger partial charge is 0.492 e. The van der Waals surface area contributed by atoms with Crippen LogP contribution in [0.5, 0.6) is 5.75 Å². The average Bonchev–Trinajstić information content (AvgIpc) is 3.11. The van der Waals surface area contributed by atoms with Crippen molar-refractivity contribution >= 4 is 23.2 Å². The van der Waals surface area contributed by atoms with E-state index in [-0.39, 0.29) is 5.91 Å². The first-order chi connectivity index (χ1) is 16.3. The summed E-state index contributed by atoms with van der Waals surface area (Å²) in [5.41, 5.74) is 5.26. The molecule has 1 amide bonds. The molecule has 8 nitrogen and oxygen atoms in total. The molecule has 1 heterocycles. The third-order valence-electron chi connectivity index (χ3n) is 5.52. The zero-order valence-electron chi connectivity index (χ0n) is 20.8. The van der Waals surface area contributed by atoms with Crippen molar-refractivity contribution in [3.63, 3.8) is 0 Å². The first kappa shape index (κ1) is 24.8. The summed E-state index contributed by atoms with van der Waals surface area (Å²) in [7, 11) is 3.88. The van der Waals surface area contributed by atoms with E-state index in [0.29, 0.717) is 30.4 Å². The lowest BCUT2D eigenvalue weighted by atomic mass is 10.2. The fourth-order valence-electron chi connectivity index (χ4n) is 3.62. The van der Waals surface area contributed by atoms with Crippen molar-refractivity contribution < 1.29 is 9.53 Å². The van der Waals surface area contributed by atoms with Gasteiger partial charge < -0.3 is 15.0 Å². The molecule has 8 heteroatoms. The van der Waals surface area contributed by atoms with Gasteiger partial charge in [-0.1, -0.05) is 18.2 Å². The van der Waals surface area contributed by atoms with Gasteiger partial charge in [-0.15, -0.1) is 0 Å². The van der Waals surface area contributed by atoms with Gasteiger partial charge in [0.25, 0.3) is 5.91 Å². The van der Waals surface area contributed by atoms with E-state index >= 15 is 0 Å². The highest BCUT2D eigenvalue weighted by Crippen LogP contribution is 2.24. The summed E-state index contributed by atoms with van der Waals surface area (Å²) in [6, 6.07) is 15.0. The molecule has 3 rings (SSSR count). The van der Waals surface area contributed by atoms with Crippen molar-refractivity contribution in [2.75, 3.05) is 30.9 Å². The number of hydrogen-bond donors (Lipinski definition) is 2. The van der Waals surface area contributed by atoms with Crippen LogP contribution >= 0.6 is 0 Å². The van der Waals surface area contributed by atoms with Gasteiger partial charge in [-0.05, 0) is 58.0 Å². The molecular formula is C26H34N6O2. The number of nitrogens with one attached hydrogen (secondary N) is 2. The Hall–Kier alpha value is -3.81. The normalized spacial score (nSPS) is 11.3. The number of aliphatic imine (C=N–C) groups is 1. The Morgan fingerprint density at radius 1 is 1.12 bits per heavy atom. The van der Waals surface area contributed by atoms with E-state index in [0.717, 1.165) is 34.9 Å². The summed E-state index contributed by atoms with van der Waals surface area (Å²) >= 11 is 0. The zero-order chi connectivity index (χ0) is 24.7. The number of carbonyl (C=O) groups is 1. The number of ether oxygens (including phenoxy) is 1. The van der Waals surface area contributed by atoms with Gasteiger partial charge in [0, 0.05) is 43.1 Å². The van der Waals surface area contributed by atoms with E-state index in [9.17, 15) is 4.79 Å². The van der Waals surface area contributed by atoms with Crippen molar-refractivity contribution in [3.8, 4) is 5.75 Å². The molecule has 0 unspecified atom stereocenters. The highest BCUT2D eigenvalue weighted by molar-refractivity contribution is 6.10. The lowest BCUT2D eigenvalue weighted by molar-refractivity contribution is 0.0977. The number of amides is 1. The molecule has 0 saturated heterocycles. The summed E-state index contributed by atoms with van der Waals surface area (Å²) in [6.07, 6.45) is 0. The second-order valence-electron chi connectivity index (χ2n) is 8.08. The molecule has 0 aliphatic carbocycles. The molecule has 34 heavy (non-hydrogen) atoms. The summed E-state index contributed by atoms with van der Waals surface area (Å²) in [4.78, 5) is 19.8. The fourth-order valence-corrected chi connectivity index (χ4v) is 3.62. The van der Waals surface area contributed by atoms with Gasteiger partial charge in [-0.25, -0.2) is 4.99 Å². The number of aromatic nitrogens is 2. The Balaban J connectivity index is 1.92. The maximum atomic E-state index is 13.1. The van der Waals surface area contributed by atoms with Crippen LogP contribution in [0.25, 0.3) is 0 Å². The molecule has 0 atom stereocenters. The smallest absolute Gasteiger partial charge is 0.258 e. The lowest BCUT2D eigenvalue weighted by Gasteiger charge is -2.16. The van der Waals surface area contributed by atoms with Crippen LogP contribution < -0.4 is 20.3 Å². The van der Waals surface area contributed by atoms with Crippen LogP contribution in [0, 0.1) is 13.8 Å². The molecule has 0 saturated carbocycles. The number of anilines is 2. The number of rotatable bonds is 8. The maximum Gasteiger partial charge on any atom is 0.258 e. The second-order valence-corrected chi connectivity index (χ2v) is 8.08. The van der Waals surface area contributed by atoms with Crippen LogP contribution in [-0.2, 0) is 13.1 Å². The lowest BCUT2D eigenvalue weighted by Crippen LogP contribution is -2.36. The van der Waals surface area contributed by atoms with Crippen molar-refractivity contribution in [3.05, 3.63) is 71.0 Å². The molecule has 2 N–H and O–H groups in total. The quantitative estimate of drug-likeness (QED) is 0.383. The Morgan fingerprint density at radius 2 is 1.88 bits per heavy atom. The van der Waals surface area contributed by atoms with Gasteiger partial charge in [0.2, 0.25) is 5.96 Å². The number of hydrogen-bond acceptors (Lipinski definition) is 5. The average molecular weight is 463 g/mol. The minimum Gasteiger partial charge on any atom is -0.492 e. The van der Waals surface area contributed by atoms with Crippen LogP contribution in [0.4, 0.5) is 11.4 Å². The highest BCUT2D eigenvalue weighted by Gasteiger charge is 2.14. The molecule has 0 aliphatic heterocycles. The molecule has 0 aliphatic rings. The van der Waals surface area contributed by atoms with Gasteiger partial charge in [-0.3, -0.25) is 14.8 Å². The maximum absolute atomic E-state index is 13.1. The van der Waals surface area contributed by atoms with E-state index in [1.807, 2.05) is 86.9 Å². The van der Waals surface area contributed by atoms with Crippen LogP contribution in [0.2, 0.25) is 0 Å². The van der Waals surface area contributed by atoms with E-state index in [2.05, 4.69) is 22.7 Å².